The Kier molecular flexibility index (Phi) is 5.46. The fourth-order valence-electron chi connectivity index (χ4n) is 2.71. The summed E-state index contributed by atoms with van der Waals surface area (Å²) >= 11 is 0. The highest BCUT2D eigenvalue weighted by Crippen LogP contribution is 2.29. The predicted molar refractivity (Wildman–Crippen MR) is 105 cm³/mol. The lowest BCUT2D eigenvalue weighted by Gasteiger charge is -2.05. The maximum atomic E-state index is 13.1. The number of nitrogens with one attached hydrogen (secondary N) is 2. The molecule has 7 nitrogen and oxygen atoms in total. The number of benzene rings is 2. The lowest BCUT2D eigenvalue weighted by atomic mass is 10.1. The molecular formula is C19H18FN3O4S. The second kappa shape index (κ2) is 7.81. The molecule has 0 atom stereocenters. The molecule has 9 heteroatoms. The molecule has 2 aromatic carbocycles. The van der Waals surface area contributed by atoms with Crippen molar-refractivity contribution in [3.63, 3.8) is 0 Å². The average Bonchev–Trinajstić information content (AvgIpc) is 2.90. The van der Waals surface area contributed by atoms with Gasteiger partial charge >= 0.3 is 0 Å². The third-order valence-electron chi connectivity index (χ3n) is 4.06. The summed E-state index contributed by atoms with van der Waals surface area (Å²) in [5.74, 6) is -0.119. The number of nitrogens with zero attached hydrogens (tertiary/aromatic N) is 1. The second-order valence-corrected chi connectivity index (χ2v) is 7.63. The zero-order valence-corrected chi connectivity index (χ0v) is 16.0. The molecule has 2 aromatic rings. The lowest BCUT2D eigenvalue weighted by molar-refractivity contribution is -0.114. The number of sulfonamides is 1. The van der Waals surface area contributed by atoms with Crippen LogP contribution in [0.3, 0.4) is 0 Å². The number of amidine groups is 1. The van der Waals surface area contributed by atoms with Gasteiger partial charge in [0.05, 0.1) is 7.11 Å². The van der Waals surface area contributed by atoms with Gasteiger partial charge in [0.25, 0.3) is 10.0 Å². The fourth-order valence-corrected chi connectivity index (χ4v) is 4.23. The average molecular weight is 403 g/mol. The van der Waals surface area contributed by atoms with Crippen molar-refractivity contribution in [3.05, 3.63) is 65.5 Å². The molecule has 0 fully saturated rings. The van der Waals surface area contributed by atoms with E-state index in [1.165, 1.54) is 24.3 Å². The number of amides is 1. The van der Waals surface area contributed by atoms with E-state index in [1.807, 2.05) is 0 Å². The van der Waals surface area contributed by atoms with Crippen LogP contribution >= 0.6 is 0 Å². The van der Waals surface area contributed by atoms with Crippen LogP contribution in [0, 0.1) is 5.82 Å². The first-order chi connectivity index (χ1) is 13.3. The minimum absolute atomic E-state index is 0.0156. The molecule has 0 saturated heterocycles. The number of ether oxygens (including phenoxy) is 1. The summed E-state index contributed by atoms with van der Waals surface area (Å²) in [5.41, 5.74) is 1.28. The highest BCUT2D eigenvalue weighted by atomic mass is 32.2. The molecule has 1 aliphatic heterocycles. The van der Waals surface area contributed by atoms with Gasteiger partial charge in [-0.05, 0) is 48.9 Å². The van der Waals surface area contributed by atoms with Gasteiger partial charge in [-0.15, -0.1) is 0 Å². The Morgan fingerprint density at radius 2 is 1.79 bits per heavy atom. The van der Waals surface area contributed by atoms with Crippen LogP contribution in [0.2, 0.25) is 0 Å². The number of hydrogen-bond donors (Lipinski definition) is 2. The van der Waals surface area contributed by atoms with Crippen LogP contribution in [-0.2, 0) is 14.8 Å². The molecule has 0 radical (unpaired) electrons. The Labute approximate surface area is 162 Å². The van der Waals surface area contributed by atoms with Crippen molar-refractivity contribution in [2.24, 2.45) is 4.99 Å². The molecule has 2 N–H and O–H groups in total. The number of rotatable bonds is 5. The van der Waals surface area contributed by atoms with E-state index in [1.54, 1.807) is 38.3 Å². The van der Waals surface area contributed by atoms with Gasteiger partial charge < -0.3 is 10.1 Å². The van der Waals surface area contributed by atoms with Crippen LogP contribution < -0.4 is 14.8 Å². The molecule has 0 aromatic heterocycles. The lowest BCUT2D eigenvalue weighted by Crippen LogP contribution is -2.25. The number of hydrogen-bond acceptors (Lipinski definition) is 5. The summed E-state index contributed by atoms with van der Waals surface area (Å²) < 4.78 is 45.3. The van der Waals surface area contributed by atoms with Crippen LogP contribution in [0.25, 0.3) is 4.91 Å². The number of carbonyl (C=O) groups is 1. The smallest absolute Gasteiger partial charge is 0.264 e. The van der Waals surface area contributed by atoms with Crippen molar-refractivity contribution in [3.8, 4) is 5.75 Å². The SMILES string of the molecule is COc1ccc(NC(=O)CN=C2NS(=O)(=O)C(c3ccc(F)cc3)=C2C)cc1. The van der Waals surface area contributed by atoms with Gasteiger partial charge in [-0.2, -0.15) is 0 Å². The van der Waals surface area contributed by atoms with Gasteiger partial charge in [-0.3, -0.25) is 14.5 Å². The summed E-state index contributed by atoms with van der Waals surface area (Å²) in [5, 5.41) is 2.67. The molecular weight excluding hydrogens is 385 g/mol. The van der Waals surface area contributed by atoms with Crippen LogP contribution in [0.4, 0.5) is 10.1 Å². The Bertz CT molecular complexity index is 1060. The summed E-state index contributed by atoms with van der Waals surface area (Å²) in [6, 6.07) is 11.9. The first kappa shape index (κ1) is 19.6. The monoisotopic (exact) mass is 403 g/mol. The number of halogens is 1. The second-order valence-electron chi connectivity index (χ2n) is 6.01. The van der Waals surface area contributed by atoms with Crippen LogP contribution in [-0.4, -0.2) is 33.8 Å². The van der Waals surface area contributed by atoms with Crippen molar-refractivity contribution >= 4 is 32.4 Å². The van der Waals surface area contributed by atoms with E-state index in [-0.39, 0.29) is 17.3 Å². The van der Waals surface area contributed by atoms with Gasteiger partial charge in [0.1, 0.15) is 28.9 Å². The summed E-state index contributed by atoms with van der Waals surface area (Å²) in [4.78, 5) is 16.2. The standard InChI is InChI=1S/C19H18FN3O4S/c1-12-18(13-3-5-14(20)6-4-13)28(25,26)23-19(12)21-11-17(24)22-15-7-9-16(27-2)10-8-15/h3-10H,11H2,1-2H3,(H,21,23)(H,22,24). The van der Waals surface area contributed by atoms with Crippen LogP contribution in [0.1, 0.15) is 12.5 Å². The molecule has 0 unspecified atom stereocenters. The van der Waals surface area contributed by atoms with Crippen molar-refractivity contribution in [1.82, 2.24) is 4.72 Å². The van der Waals surface area contributed by atoms with Gasteiger partial charge in [-0.1, -0.05) is 12.1 Å². The Morgan fingerprint density at radius 3 is 2.39 bits per heavy atom. The normalized spacial score (nSPS) is 16.8. The van der Waals surface area contributed by atoms with Crippen molar-refractivity contribution in [2.75, 3.05) is 19.0 Å². The topological polar surface area (TPSA) is 96.9 Å². The molecule has 146 valence electrons. The quantitative estimate of drug-likeness (QED) is 0.802. The molecule has 0 bridgehead atoms. The van der Waals surface area contributed by atoms with E-state index in [2.05, 4.69) is 15.0 Å². The zero-order chi connectivity index (χ0) is 20.3. The molecule has 28 heavy (non-hydrogen) atoms. The van der Waals surface area contributed by atoms with E-state index < -0.39 is 21.7 Å². The van der Waals surface area contributed by atoms with Crippen LogP contribution in [0.5, 0.6) is 5.75 Å². The maximum Gasteiger partial charge on any atom is 0.264 e. The van der Waals surface area contributed by atoms with Crippen molar-refractivity contribution in [2.45, 2.75) is 6.92 Å². The summed E-state index contributed by atoms with van der Waals surface area (Å²) in [6.45, 7) is 1.31. The molecule has 1 aliphatic rings. The van der Waals surface area contributed by atoms with E-state index >= 15 is 0 Å². The van der Waals surface area contributed by atoms with E-state index in [9.17, 15) is 17.6 Å². The van der Waals surface area contributed by atoms with Gasteiger partial charge in [0.2, 0.25) is 5.91 Å². The third kappa shape index (κ3) is 4.20. The Morgan fingerprint density at radius 1 is 1.14 bits per heavy atom. The number of carbonyl (C=O) groups excluding carboxylic acids is 1. The fraction of sp³-hybridized carbons (Fsp3) is 0.158. The summed E-state index contributed by atoms with van der Waals surface area (Å²) in [6.07, 6.45) is 0. The van der Waals surface area contributed by atoms with Gasteiger partial charge in [0.15, 0.2) is 0 Å². The van der Waals surface area contributed by atoms with Gasteiger partial charge in [0, 0.05) is 11.3 Å². The third-order valence-corrected chi connectivity index (χ3v) is 5.60. The number of anilines is 1. The number of aliphatic imine (C=N–C) groups is 1. The van der Waals surface area contributed by atoms with E-state index in [0.29, 0.717) is 22.6 Å². The van der Waals surface area contributed by atoms with E-state index in [4.69, 9.17) is 4.74 Å². The van der Waals surface area contributed by atoms with Crippen molar-refractivity contribution < 1.29 is 22.3 Å². The van der Waals surface area contributed by atoms with Crippen molar-refractivity contribution in [1.29, 1.82) is 0 Å². The first-order valence-electron chi connectivity index (χ1n) is 8.28. The Hall–Kier alpha value is -3.20. The minimum atomic E-state index is -3.84. The largest absolute Gasteiger partial charge is 0.497 e. The molecule has 0 spiro atoms. The molecule has 0 saturated carbocycles. The van der Waals surface area contributed by atoms with E-state index in [0.717, 1.165) is 0 Å². The minimum Gasteiger partial charge on any atom is -0.497 e. The van der Waals surface area contributed by atoms with Gasteiger partial charge in [-0.25, -0.2) is 12.8 Å². The first-order valence-corrected chi connectivity index (χ1v) is 9.77. The molecule has 0 aliphatic carbocycles. The highest BCUT2D eigenvalue weighted by Gasteiger charge is 2.32. The molecule has 3 rings (SSSR count). The van der Waals surface area contributed by atoms with Crippen LogP contribution in [0.15, 0.2) is 59.1 Å². The maximum absolute atomic E-state index is 13.1. The predicted octanol–water partition coefficient (Wildman–Crippen LogP) is 2.54. The number of methoxy groups -OCH3 is 1. The zero-order valence-electron chi connectivity index (χ0n) is 15.2. The molecule has 1 amide bonds. The highest BCUT2D eigenvalue weighted by molar-refractivity contribution is 8.00. The molecule has 1 heterocycles. The Balaban J connectivity index is 1.76. The summed E-state index contributed by atoms with van der Waals surface area (Å²) in [7, 11) is -2.29.